The van der Waals surface area contributed by atoms with Gasteiger partial charge < -0.3 is 0 Å². The van der Waals surface area contributed by atoms with Crippen LogP contribution < -0.4 is 0 Å². The van der Waals surface area contributed by atoms with E-state index in [4.69, 9.17) is 0 Å². The van der Waals surface area contributed by atoms with E-state index in [0.29, 0.717) is 0 Å². The Morgan fingerprint density at radius 2 is 1.93 bits per heavy atom. The first-order chi connectivity index (χ1) is 7.24. The van der Waals surface area contributed by atoms with E-state index in [2.05, 4.69) is 48.8 Å². The largest absolute Gasteiger partial charge is 0.278 e. The summed E-state index contributed by atoms with van der Waals surface area (Å²) in [7, 11) is 0. The summed E-state index contributed by atoms with van der Waals surface area (Å²) in [5.41, 5.74) is 5.88. The maximum atomic E-state index is 4.06. The molecule has 0 atom stereocenters. The molecule has 1 aromatic heterocycles. The van der Waals surface area contributed by atoms with E-state index >= 15 is 0 Å². The number of nitrogens with one attached hydrogen (secondary N) is 1. The Balaban J connectivity index is 2.68. The Labute approximate surface area is 89.7 Å². The maximum Gasteiger partial charge on any atom is 0.0650 e. The first-order valence-corrected chi connectivity index (χ1v) is 4.96. The summed E-state index contributed by atoms with van der Waals surface area (Å²) in [6, 6.07) is 6.30. The quantitative estimate of drug-likeness (QED) is 0.787. The number of aryl methyl sites for hydroxylation is 2. The third-order valence-corrected chi connectivity index (χ3v) is 2.62. The van der Waals surface area contributed by atoms with Crippen molar-refractivity contribution in [2.45, 2.75) is 13.8 Å². The molecule has 0 aliphatic heterocycles. The minimum absolute atomic E-state index is 0.979. The molecule has 0 saturated carbocycles. The van der Waals surface area contributed by atoms with Gasteiger partial charge in [0.15, 0.2) is 0 Å². The Bertz CT molecular complexity index is 475. The average molecular weight is 198 g/mol. The highest BCUT2D eigenvalue weighted by Gasteiger charge is 2.09. The summed E-state index contributed by atoms with van der Waals surface area (Å²) < 4.78 is 0. The number of aromatic amines is 1. The number of aromatic nitrogens is 2. The summed E-state index contributed by atoms with van der Waals surface area (Å²) in [6.45, 7) is 8.00. The van der Waals surface area contributed by atoms with Gasteiger partial charge in [0.05, 0.1) is 11.9 Å². The normalized spacial score (nSPS) is 10.3. The molecule has 0 aliphatic rings. The van der Waals surface area contributed by atoms with Gasteiger partial charge in [0.1, 0.15) is 0 Å². The minimum atomic E-state index is 0.979. The van der Waals surface area contributed by atoms with E-state index in [1.165, 1.54) is 16.7 Å². The fraction of sp³-hybridized carbons (Fsp3) is 0.154. The van der Waals surface area contributed by atoms with Gasteiger partial charge in [-0.15, -0.1) is 0 Å². The lowest BCUT2D eigenvalue weighted by Gasteiger charge is -2.08. The van der Waals surface area contributed by atoms with Crippen LogP contribution in [0.1, 0.15) is 16.8 Å². The fourth-order valence-corrected chi connectivity index (χ4v) is 1.89. The van der Waals surface area contributed by atoms with Gasteiger partial charge in [0.25, 0.3) is 0 Å². The van der Waals surface area contributed by atoms with Crippen molar-refractivity contribution in [2.75, 3.05) is 0 Å². The lowest BCUT2D eigenvalue weighted by molar-refractivity contribution is 1.08. The fourth-order valence-electron chi connectivity index (χ4n) is 1.89. The van der Waals surface area contributed by atoms with Crippen LogP contribution in [0, 0.1) is 13.8 Å². The molecule has 2 nitrogen and oxygen atoms in total. The first-order valence-electron chi connectivity index (χ1n) is 4.96. The third kappa shape index (κ3) is 1.59. The average Bonchev–Trinajstić information content (AvgIpc) is 2.65. The van der Waals surface area contributed by atoms with Crippen LogP contribution in [0.25, 0.3) is 17.2 Å². The van der Waals surface area contributed by atoms with Crippen molar-refractivity contribution in [2.24, 2.45) is 0 Å². The van der Waals surface area contributed by atoms with Crippen LogP contribution in [0.4, 0.5) is 0 Å². The molecule has 0 bridgehead atoms. The van der Waals surface area contributed by atoms with Crippen molar-refractivity contribution in [3.63, 3.8) is 0 Å². The van der Waals surface area contributed by atoms with E-state index in [9.17, 15) is 0 Å². The Hall–Kier alpha value is -1.83. The van der Waals surface area contributed by atoms with Crippen molar-refractivity contribution < 1.29 is 0 Å². The molecule has 15 heavy (non-hydrogen) atoms. The van der Waals surface area contributed by atoms with Gasteiger partial charge in [-0.2, -0.15) is 5.10 Å². The summed E-state index contributed by atoms with van der Waals surface area (Å²) >= 11 is 0. The topological polar surface area (TPSA) is 28.7 Å². The smallest absolute Gasteiger partial charge is 0.0650 e. The van der Waals surface area contributed by atoms with Gasteiger partial charge in [0, 0.05) is 5.56 Å². The molecule has 2 heteroatoms. The summed E-state index contributed by atoms with van der Waals surface area (Å²) in [6.07, 6.45) is 3.65. The van der Waals surface area contributed by atoms with Crippen LogP contribution in [-0.4, -0.2) is 10.2 Å². The lowest BCUT2D eigenvalue weighted by Crippen LogP contribution is -1.88. The van der Waals surface area contributed by atoms with E-state index in [0.717, 1.165) is 11.3 Å². The molecule has 1 N–H and O–H groups in total. The zero-order valence-electron chi connectivity index (χ0n) is 9.04. The molecule has 2 rings (SSSR count). The SMILES string of the molecule is C=Cc1[nH]ncc1-c1c(C)cccc1C. The van der Waals surface area contributed by atoms with Gasteiger partial charge >= 0.3 is 0 Å². The van der Waals surface area contributed by atoms with Crippen LogP contribution in [0.15, 0.2) is 31.0 Å². The zero-order valence-corrected chi connectivity index (χ0v) is 9.04. The summed E-state index contributed by atoms with van der Waals surface area (Å²) in [5.74, 6) is 0. The second-order valence-corrected chi connectivity index (χ2v) is 3.67. The second kappa shape index (κ2) is 3.73. The van der Waals surface area contributed by atoms with Gasteiger partial charge in [-0.05, 0) is 36.6 Å². The lowest BCUT2D eigenvalue weighted by atomic mass is 9.96. The minimum Gasteiger partial charge on any atom is -0.278 e. The molecule has 0 unspecified atom stereocenters. The molecule has 1 aromatic carbocycles. The summed E-state index contributed by atoms with van der Waals surface area (Å²) in [5, 5.41) is 7.00. The van der Waals surface area contributed by atoms with Gasteiger partial charge in [-0.3, -0.25) is 5.10 Å². The number of nitrogens with zero attached hydrogens (tertiary/aromatic N) is 1. The number of hydrogen-bond donors (Lipinski definition) is 1. The molecule has 2 aromatic rings. The Kier molecular flexibility index (Phi) is 2.42. The molecular formula is C13H14N2. The maximum absolute atomic E-state index is 4.06. The standard InChI is InChI=1S/C13H14N2/c1-4-12-11(8-14-15-12)13-9(2)6-5-7-10(13)3/h4-8H,1H2,2-3H3,(H,14,15). The van der Waals surface area contributed by atoms with Crippen molar-refractivity contribution in [1.82, 2.24) is 10.2 Å². The van der Waals surface area contributed by atoms with Gasteiger partial charge in [-0.25, -0.2) is 0 Å². The molecule has 0 saturated heterocycles. The predicted octanol–water partition coefficient (Wildman–Crippen LogP) is 3.34. The van der Waals surface area contributed by atoms with Gasteiger partial charge in [-0.1, -0.05) is 24.8 Å². The van der Waals surface area contributed by atoms with Crippen molar-refractivity contribution in [1.29, 1.82) is 0 Å². The predicted molar refractivity (Wildman–Crippen MR) is 63.6 cm³/mol. The monoisotopic (exact) mass is 198 g/mol. The van der Waals surface area contributed by atoms with Crippen molar-refractivity contribution >= 4 is 6.08 Å². The zero-order chi connectivity index (χ0) is 10.8. The molecular weight excluding hydrogens is 184 g/mol. The molecule has 1 heterocycles. The van der Waals surface area contributed by atoms with Crippen LogP contribution in [0.2, 0.25) is 0 Å². The van der Waals surface area contributed by atoms with Crippen LogP contribution in [0.5, 0.6) is 0 Å². The number of hydrogen-bond acceptors (Lipinski definition) is 1. The third-order valence-electron chi connectivity index (χ3n) is 2.62. The van der Waals surface area contributed by atoms with E-state index in [1.807, 2.05) is 6.20 Å². The first kappa shape index (κ1) is 9.71. The Morgan fingerprint density at radius 3 is 2.53 bits per heavy atom. The van der Waals surface area contributed by atoms with E-state index in [-0.39, 0.29) is 0 Å². The highest BCUT2D eigenvalue weighted by Crippen LogP contribution is 2.29. The molecule has 0 fully saturated rings. The molecule has 0 spiro atoms. The van der Waals surface area contributed by atoms with Crippen molar-refractivity contribution in [3.8, 4) is 11.1 Å². The number of H-pyrrole nitrogens is 1. The van der Waals surface area contributed by atoms with Gasteiger partial charge in [0.2, 0.25) is 0 Å². The van der Waals surface area contributed by atoms with E-state index < -0.39 is 0 Å². The molecule has 76 valence electrons. The van der Waals surface area contributed by atoms with Crippen molar-refractivity contribution in [3.05, 3.63) is 47.8 Å². The highest BCUT2D eigenvalue weighted by molar-refractivity contribution is 5.76. The second-order valence-electron chi connectivity index (χ2n) is 3.67. The molecule has 0 amide bonds. The summed E-state index contributed by atoms with van der Waals surface area (Å²) in [4.78, 5) is 0. The highest BCUT2D eigenvalue weighted by atomic mass is 15.1. The molecule has 0 radical (unpaired) electrons. The van der Waals surface area contributed by atoms with E-state index in [1.54, 1.807) is 6.08 Å². The van der Waals surface area contributed by atoms with Crippen LogP contribution in [-0.2, 0) is 0 Å². The number of rotatable bonds is 2. The Morgan fingerprint density at radius 1 is 1.27 bits per heavy atom. The number of benzene rings is 1. The molecule has 0 aliphatic carbocycles. The van der Waals surface area contributed by atoms with Crippen LogP contribution in [0.3, 0.4) is 0 Å². The van der Waals surface area contributed by atoms with Crippen LogP contribution >= 0.6 is 0 Å².